The summed E-state index contributed by atoms with van der Waals surface area (Å²) in [6.07, 6.45) is 0. The zero-order valence-corrected chi connectivity index (χ0v) is 13.0. The van der Waals surface area contributed by atoms with Crippen molar-refractivity contribution in [2.75, 3.05) is 5.32 Å². The molecule has 0 aliphatic carbocycles. The molecule has 4 heteroatoms. The van der Waals surface area contributed by atoms with Gasteiger partial charge in [-0.05, 0) is 44.0 Å². The monoisotopic (exact) mass is 295 g/mol. The number of carbonyl (C=O) groups is 1. The number of carbonyl (C=O) groups excluding carboxylic acids is 1. The number of hydrogen-bond acceptors (Lipinski definition) is 3. The van der Waals surface area contributed by atoms with Crippen molar-refractivity contribution >= 4 is 33.1 Å². The lowest BCUT2D eigenvalue weighted by Crippen LogP contribution is -2.14. The average Bonchev–Trinajstić information content (AvgIpc) is 2.90. The quantitative estimate of drug-likeness (QED) is 0.767. The van der Waals surface area contributed by atoms with Gasteiger partial charge in [0.05, 0.1) is 15.8 Å². The number of anilines is 1. The summed E-state index contributed by atoms with van der Waals surface area (Å²) in [5.74, 6) is -0.103. The molecule has 0 unspecified atom stereocenters. The molecule has 1 amide bonds. The summed E-state index contributed by atoms with van der Waals surface area (Å²) in [5.41, 5.74) is 8.52. The van der Waals surface area contributed by atoms with Gasteiger partial charge in [-0.3, -0.25) is 4.79 Å². The van der Waals surface area contributed by atoms with Crippen molar-refractivity contribution in [1.29, 1.82) is 0 Å². The van der Waals surface area contributed by atoms with E-state index in [2.05, 4.69) is 34.9 Å². The second-order valence-electron chi connectivity index (χ2n) is 5.19. The van der Waals surface area contributed by atoms with Crippen LogP contribution in [0.4, 0.5) is 5.69 Å². The van der Waals surface area contributed by atoms with Crippen molar-refractivity contribution in [3.8, 4) is 0 Å². The van der Waals surface area contributed by atoms with Crippen molar-refractivity contribution in [2.24, 2.45) is 0 Å². The Labute approximate surface area is 127 Å². The third-order valence-electron chi connectivity index (χ3n) is 3.47. The molecule has 0 atom stereocenters. The van der Waals surface area contributed by atoms with Gasteiger partial charge in [-0.15, -0.1) is 11.3 Å². The van der Waals surface area contributed by atoms with E-state index in [-0.39, 0.29) is 5.91 Å². The largest absolute Gasteiger partial charge is 0.321 e. The fraction of sp³-hybridized carbons (Fsp3) is 0.176. The number of aromatic nitrogens is 1. The van der Waals surface area contributed by atoms with Crippen LogP contribution in [-0.4, -0.2) is 10.9 Å². The van der Waals surface area contributed by atoms with E-state index in [1.54, 1.807) is 0 Å². The molecule has 0 aliphatic heterocycles. The molecule has 0 fully saturated rings. The molecule has 1 heterocycles. The van der Waals surface area contributed by atoms with E-state index in [4.69, 9.17) is 0 Å². The molecule has 21 heavy (non-hydrogen) atoms. The first-order chi connectivity index (χ1) is 10.1. The van der Waals surface area contributed by atoms with Gasteiger partial charge in [-0.1, -0.05) is 23.8 Å². The van der Waals surface area contributed by atoms with Crippen LogP contribution in [0, 0.1) is 26.3 Å². The highest BCUT2D eigenvalue weighted by Crippen LogP contribution is 2.26. The van der Waals surface area contributed by atoms with Gasteiger partial charge in [0.1, 0.15) is 0 Å². The molecule has 3 rings (SSSR count). The van der Waals surface area contributed by atoms with Crippen LogP contribution in [0.3, 0.4) is 0 Å². The van der Waals surface area contributed by atoms with Crippen LogP contribution in [0.25, 0.3) is 10.2 Å². The highest BCUT2D eigenvalue weighted by Gasteiger charge is 2.14. The minimum Gasteiger partial charge on any atom is -0.321 e. The Bertz CT molecular complexity index is 813. The SMILES string of the molecule is Cc1cc(C)c(NC(=O)c2cccc3n[c]sc23)c(C)c1. The van der Waals surface area contributed by atoms with Crippen LogP contribution in [-0.2, 0) is 0 Å². The maximum Gasteiger partial charge on any atom is 0.257 e. The number of amides is 1. The molecule has 0 aliphatic rings. The van der Waals surface area contributed by atoms with Crippen molar-refractivity contribution in [1.82, 2.24) is 4.98 Å². The Kier molecular flexibility index (Phi) is 3.47. The van der Waals surface area contributed by atoms with Crippen molar-refractivity contribution in [3.63, 3.8) is 0 Å². The summed E-state index contributed by atoms with van der Waals surface area (Å²) in [6.45, 7) is 6.08. The van der Waals surface area contributed by atoms with Gasteiger partial charge in [0, 0.05) is 5.69 Å². The van der Waals surface area contributed by atoms with Crippen LogP contribution in [0.15, 0.2) is 30.3 Å². The Morgan fingerprint density at radius 1 is 1.19 bits per heavy atom. The zero-order chi connectivity index (χ0) is 15.0. The fourth-order valence-electron chi connectivity index (χ4n) is 2.57. The van der Waals surface area contributed by atoms with E-state index in [0.717, 1.165) is 27.0 Å². The predicted molar refractivity (Wildman–Crippen MR) is 87.1 cm³/mol. The number of benzene rings is 2. The van der Waals surface area contributed by atoms with Crippen molar-refractivity contribution in [3.05, 3.63) is 58.1 Å². The van der Waals surface area contributed by atoms with Gasteiger partial charge in [0.2, 0.25) is 0 Å². The van der Waals surface area contributed by atoms with E-state index in [9.17, 15) is 4.79 Å². The van der Waals surface area contributed by atoms with Gasteiger partial charge in [0.15, 0.2) is 5.51 Å². The summed E-state index contributed by atoms with van der Waals surface area (Å²) in [5, 5.41) is 3.03. The smallest absolute Gasteiger partial charge is 0.257 e. The third kappa shape index (κ3) is 2.54. The third-order valence-corrected chi connectivity index (χ3v) is 4.28. The first-order valence-corrected chi connectivity index (χ1v) is 7.52. The Morgan fingerprint density at radius 3 is 2.62 bits per heavy atom. The van der Waals surface area contributed by atoms with Crippen LogP contribution in [0.5, 0.6) is 0 Å². The van der Waals surface area contributed by atoms with Gasteiger partial charge < -0.3 is 5.32 Å². The Hall–Kier alpha value is -2.20. The predicted octanol–water partition coefficient (Wildman–Crippen LogP) is 4.27. The minimum absolute atomic E-state index is 0.103. The van der Waals surface area contributed by atoms with E-state index in [1.165, 1.54) is 16.9 Å². The van der Waals surface area contributed by atoms with Gasteiger partial charge in [0.25, 0.3) is 5.91 Å². The number of nitrogens with zero attached hydrogens (tertiary/aromatic N) is 1. The molecule has 3 aromatic rings. The number of hydrogen-bond donors (Lipinski definition) is 1. The molecule has 3 nitrogen and oxygen atoms in total. The molecule has 1 N–H and O–H groups in total. The van der Waals surface area contributed by atoms with Crippen LogP contribution in [0.1, 0.15) is 27.0 Å². The standard InChI is InChI=1S/C17H15N2OS/c1-10-7-11(2)15(12(3)8-10)19-17(20)13-5-4-6-14-16(13)21-9-18-14/h4-8H,1-3H3,(H,19,20). The molecule has 1 aromatic heterocycles. The summed E-state index contributed by atoms with van der Waals surface area (Å²) in [4.78, 5) is 16.7. The molecule has 105 valence electrons. The van der Waals surface area contributed by atoms with E-state index in [1.807, 2.05) is 32.0 Å². The molecule has 2 aromatic carbocycles. The van der Waals surface area contributed by atoms with Crippen molar-refractivity contribution in [2.45, 2.75) is 20.8 Å². The number of thiazole rings is 1. The van der Waals surface area contributed by atoms with Crippen LogP contribution in [0.2, 0.25) is 0 Å². The molecule has 0 saturated carbocycles. The van der Waals surface area contributed by atoms with Crippen LogP contribution < -0.4 is 5.32 Å². The lowest BCUT2D eigenvalue weighted by molar-refractivity contribution is 0.102. The molecule has 1 radical (unpaired) electrons. The van der Waals surface area contributed by atoms with E-state index in [0.29, 0.717) is 5.56 Å². The highest BCUT2D eigenvalue weighted by atomic mass is 32.1. The summed E-state index contributed by atoms with van der Waals surface area (Å²) in [7, 11) is 0. The van der Waals surface area contributed by atoms with E-state index < -0.39 is 0 Å². The molecule has 0 spiro atoms. The zero-order valence-electron chi connectivity index (χ0n) is 12.2. The number of rotatable bonds is 2. The first-order valence-electron chi connectivity index (χ1n) is 6.71. The van der Waals surface area contributed by atoms with Crippen molar-refractivity contribution < 1.29 is 4.79 Å². The Balaban J connectivity index is 1.99. The minimum atomic E-state index is -0.103. The topological polar surface area (TPSA) is 42.0 Å². The summed E-state index contributed by atoms with van der Waals surface area (Å²) in [6, 6.07) is 9.71. The fourth-order valence-corrected chi connectivity index (χ4v) is 3.30. The van der Waals surface area contributed by atoms with E-state index >= 15 is 0 Å². The number of fused-ring (bicyclic) bond motifs is 1. The Morgan fingerprint density at radius 2 is 1.90 bits per heavy atom. The highest BCUT2D eigenvalue weighted by molar-refractivity contribution is 7.16. The van der Waals surface area contributed by atoms with Crippen LogP contribution >= 0.6 is 11.3 Å². The molecular formula is C17H15N2OS. The molecule has 0 bridgehead atoms. The van der Waals surface area contributed by atoms with Gasteiger partial charge >= 0.3 is 0 Å². The summed E-state index contributed by atoms with van der Waals surface area (Å²) >= 11 is 1.37. The number of nitrogens with one attached hydrogen (secondary N) is 1. The van der Waals surface area contributed by atoms with Gasteiger partial charge in [-0.25, -0.2) is 4.98 Å². The number of aryl methyl sites for hydroxylation is 3. The average molecular weight is 295 g/mol. The molecule has 0 saturated heterocycles. The first kappa shape index (κ1) is 13.8. The lowest BCUT2D eigenvalue weighted by atomic mass is 10.0. The van der Waals surface area contributed by atoms with Gasteiger partial charge in [-0.2, -0.15) is 0 Å². The lowest BCUT2D eigenvalue weighted by Gasteiger charge is -2.13. The summed E-state index contributed by atoms with van der Waals surface area (Å²) < 4.78 is 0.873. The maximum absolute atomic E-state index is 12.6. The normalized spacial score (nSPS) is 10.8. The second kappa shape index (κ2) is 5.30. The second-order valence-corrected chi connectivity index (χ2v) is 5.98. The maximum atomic E-state index is 12.6. The molecular weight excluding hydrogens is 280 g/mol.